The number of para-hydroxylation sites is 1. The number of nitrogens with one attached hydrogen (secondary N) is 1. The van der Waals surface area contributed by atoms with Gasteiger partial charge < -0.3 is 4.90 Å². The summed E-state index contributed by atoms with van der Waals surface area (Å²) in [4.78, 5) is 2.34. The zero-order valence-electron chi connectivity index (χ0n) is 11.2. The Balaban J connectivity index is 2.07. The molecule has 1 N–H and O–H groups in total. The molecule has 100 valence electrons. The maximum Gasteiger partial charge on any atom is 0.230 e. The highest BCUT2D eigenvalue weighted by Crippen LogP contribution is 2.28. The number of nitrogens with zero attached hydrogens (tertiary/aromatic N) is 3. The monoisotopic (exact) mass is 274 g/mol. The van der Waals surface area contributed by atoms with Gasteiger partial charge in [0.15, 0.2) is 0 Å². The van der Waals surface area contributed by atoms with Crippen LogP contribution in [0.4, 0.5) is 5.95 Å². The predicted octanol–water partition coefficient (Wildman–Crippen LogP) is 3.16. The molecule has 1 aliphatic heterocycles. The van der Waals surface area contributed by atoms with E-state index >= 15 is 0 Å². The number of aromatic nitrogens is 3. The minimum Gasteiger partial charge on any atom is -0.338 e. The van der Waals surface area contributed by atoms with Crippen LogP contribution < -0.4 is 4.90 Å². The Morgan fingerprint density at radius 3 is 2.63 bits per heavy atom. The van der Waals surface area contributed by atoms with E-state index in [0.29, 0.717) is 16.7 Å². The highest BCUT2D eigenvalue weighted by Gasteiger charge is 2.29. The smallest absolute Gasteiger partial charge is 0.230 e. The van der Waals surface area contributed by atoms with Gasteiger partial charge in [0, 0.05) is 12.6 Å². The van der Waals surface area contributed by atoms with Crippen molar-refractivity contribution in [3.05, 3.63) is 35.1 Å². The second-order valence-electron chi connectivity index (χ2n) is 5.34. The number of anilines is 1. The summed E-state index contributed by atoms with van der Waals surface area (Å²) < 4.78 is 2.66. The average molecular weight is 274 g/mol. The van der Waals surface area contributed by atoms with E-state index in [9.17, 15) is 0 Å². The van der Waals surface area contributed by atoms with Crippen LogP contribution in [0.3, 0.4) is 0 Å². The zero-order chi connectivity index (χ0) is 13.4. The molecule has 2 heterocycles. The molecule has 5 heteroatoms. The van der Waals surface area contributed by atoms with E-state index in [4.69, 9.17) is 12.2 Å². The largest absolute Gasteiger partial charge is 0.338 e. The molecule has 2 unspecified atom stereocenters. The topological polar surface area (TPSA) is 36.9 Å². The van der Waals surface area contributed by atoms with Crippen molar-refractivity contribution in [2.75, 3.05) is 11.4 Å². The number of aromatic amines is 1. The first kappa shape index (κ1) is 12.4. The molecule has 1 aromatic heterocycles. The SMILES string of the molecule is CC1CC(C)N(c2n[nH]c(=S)n2-c2ccccc2)C1. The van der Waals surface area contributed by atoms with Gasteiger partial charge in [-0.3, -0.25) is 4.57 Å². The van der Waals surface area contributed by atoms with E-state index in [-0.39, 0.29) is 0 Å². The lowest BCUT2D eigenvalue weighted by atomic mass is 10.1. The molecule has 0 bridgehead atoms. The summed E-state index contributed by atoms with van der Waals surface area (Å²) >= 11 is 5.38. The Labute approximate surface area is 118 Å². The van der Waals surface area contributed by atoms with Crippen molar-refractivity contribution in [1.29, 1.82) is 0 Å². The van der Waals surface area contributed by atoms with Crippen LogP contribution in [0.5, 0.6) is 0 Å². The zero-order valence-corrected chi connectivity index (χ0v) is 12.0. The molecule has 3 rings (SSSR count). The molecule has 0 radical (unpaired) electrons. The lowest BCUT2D eigenvalue weighted by Crippen LogP contribution is -2.29. The van der Waals surface area contributed by atoms with Gasteiger partial charge in [0.25, 0.3) is 0 Å². The number of hydrogen-bond donors (Lipinski definition) is 1. The van der Waals surface area contributed by atoms with E-state index in [0.717, 1.165) is 18.2 Å². The number of benzene rings is 1. The van der Waals surface area contributed by atoms with Crippen LogP contribution in [0.1, 0.15) is 20.3 Å². The maximum atomic E-state index is 5.38. The van der Waals surface area contributed by atoms with Crippen LogP contribution >= 0.6 is 12.2 Å². The van der Waals surface area contributed by atoms with Crippen LogP contribution in [0.2, 0.25) is 0 Å². The fraction of sp³-hybridized carbons (Fsp3) is 0.429. The molecule has 2 atom stereocenters. The Morgan fingerprint density at radius 1 is 1.26 bits per heavy atom. The second kappa shape index (κ2) is 4.81. The van der Waals surface area contributed by atoms with Gasteiger partial charge in [0.1, 0.15) is 0 Å². The van der Waals surface area contributed by atoms with E-state index in [2.05, 4.69) is 41.1 Å². The predicted molar refractivity (Wildman–Crippen MR) is 79.3 cm³/mol. The quantitative estimate of drug-likeness (QED) is 0.855. The lowest BCUT2D eigenvalue weighted by Gasteiger charge is -2.22. The Bertz CT molecular complexity index is 616. The third-order valence-corrected chi connectivity index (χ3v) is 3.98. The van der Waals surface area contributed by atoms with Crippen LogP contribution in [-0.2, 0) is 0 Å². The van der Waals surface area contributed by atoms with E-state index < -0.39 is 0 Å². The molecular formula is C14H18N4S. The van der Waals surface area contributed by atoms with Gasteiger partial charge in [-0.15, -0.1) is 5.10 Å². The van der Waals surface area contributed by atoms with Gasteiger partial charge in [-0.05, 0) is 43.6 Å². The van der Waals surface area contributed by atoms with E-state index in [1.54, 1.807) is 0 Å². The third kappa shape index (κ3) is 2.18. The minimum absolute atomic E-state index is 0.502. The summed E-state index contributed by atoms with van der Waals surface area (Å²) in [6, 6.07) is 10.7. The highest BCUT2D eigenvalue weighted by molar-refractivity contribution is 7.71. The Morgan fingerprint density at radius 2 is 2.00 bits per heavy atom. The summed E-state index contributed by atoms with van der Waals surface area (Å²) in [5.41, 5.74) is 1.06. The molecular weight excluding hydrogens is 256 g/mol. The van der Waals surface area contributed by atoms with Crippen molar-refractivity contribution in [1.82, 2.24) is 14.8 Å². The molecule has 0 aliphatic carbocycles. The van der Waals surface area contributed by atoms with Crippen LogP contribution in [0, 0.1) is 10.7 Å². The summed E-state index contributed by atoms with van der Waals surface area (Å²) in [6.07, 6.45) is 1.20. The van der Waals surface area contributed by atoms with Crippen LogP contribution in [0.15, 0.2) is 30.3 Å². The van der Waals surface area contributed by atoms with Crippen molar-refractivity contribution in [3.63, 3.8) is 0 Å². The third-order valence-electron chi connectivity index (χ3n) is 3.71. The van der Waals surface area contributed by atoms with Crippen LogP contribution in [0.25, 0.3) is 5.69 Å². The van der Waals surface area contributed by atoms with Gasteiger partial charge >= 0.3 is 0 Å². The van der Waals surface area contributed by atoms with Gasteiger partial charge in [0.2, 0.25) is 10.7 Å². The summed E-state index contributed by atoms with van der Waals surface area (Å²) in [7, 11) is 0. The first-order valence-electron chi connectivity index (χ1n) is 6.66. The fourth-order valence-electron chi connectivity index (χ4n) is 2.87. The average Bonchev–Trinajstić information content (AvgIpc) is 2.93. The van der Waals surface area contributed by atoms with Gasteiger partial charge in [0.05, 0.1) is 5.69 Å². The van der Waals surface area contributed by atoms with Gasteiger partial charge in [-0.1, -0.05) is 25.1 Å². The highest BCUT2D eigenvalue weighted by atomic mass is 32.1. The Hall–Kier alpha value is -1.62. The Kier molecular flexibility index (Phi) is 3.14. The molecule has 0 amide bonds. The second-order valence-corrected chi connectivity index (χ2v) is 5.73. The van der Waals surface area contributed by atoms with Gasteiger partial charge in [-0.2, -0.15) is 0 Å². The molecule has 1 aromatic carbocycles. The maximum absolute atomic E-state index is 5.38. The van der Waals surface area contributed by atoms with Gasteiger partial charge in [-0.25, -0.2) is 5.10 Å². The first-order chi connectivity index (χ1) is 9.16. The summed E-state index contributed by atoms with van der Waals surface area (Å²) in [5.74, 6) is 1.62. The number of H-pyrrole nitrogens is 1. The van der Waals surface area contributed by atoms with Crippen LogP contribution in [-0.4, -0.2) is 27.4 Å². The van der Waals surface area contributed by atoms with E-state index in [1.165, 1.54) is 6.42 Å². The van der Waals surface area contributed by atoms with Crippen molar-refractivity contribution in [3.8, 4) is 5.69 Å². The molecule has 0 saturated carbocycles. The molecule has 2 aromatic rings. The molecule has 1 fully saturated rings. The molecule has 4 nitrogen and oxygen atoms in total. The van der Waals surface area contributed by atoms with E-state index in [1.807, 2.05) is 22.8 Å². The molecule has 0 spiro atoms. The number of rotatable bonds is 2. The summed E-state index contributed by atoms with van der Waals surface area (Å²) in [5, 5.41) is 7.35. The first-order valence-corrected chi connectivity index (χ1v) is 7.07. The van der Waals surface area contributed by atoms with Crippen molar-refractivity contribution in [2.24, 2.45) is 5.92 Å². The molecule has 1 saturated heterocycles. The standard InChI is InChI=1S/C14H18N4S/c1-10-8-11(2)17(9-10)13-15-16-14(19)18(13)12-6-4-3-5-7-12/h3-7,10-11H,8-9H2,1-2H3,(H,16,19). The minimum atomic E-state index is 0.502. The van der Waals surface area contributed by atoms with Crippen molar-refractivity contribution < 1.29 is 0 Å². The normalized spacial score (nSPS) is 22.9. The fourth-order valence-corrected chi connectivity index (χ4v) is 3.10. The summed E-state index contributed by atoms with van der Waals surface area (Å²) in [6.45, 7) is 5.56. The van der Waals surface area contributed by atoms with Crippen molar-refractivity contribution >= 4 is 18.2 Å². The molecule has 19 heavy (non-hydrogen) atoms. The van der Waals surface area contributed by atoms with Crippen molar-refractivity contribution in [2.45, 2.75) is 26.3 Å². The molecule has 1 aliphatic rings. The lowest BCUT2D eigenvalue weighted by molar-refractivity contribution is 0.624. The number of hydrogen-bond acceptors (Lipinski definition) is 3.